The van der Waals surface area contributed by atoms with Crippen molar-refractivity contribution in [2.75, 3.05) is 63.9 Å². The standard InChI is InChI=1S/C33H47FN8O4/c1-4-42(23(2)3)30(44)26-17-25(34)5-6-27(26)46-29-28(35-22-36-38-29)41-19-32(20-41)11-13-39(14-12-32)18-24-7-9-33(10-8-24)21-40(15-16-43)31(45)37-33/h5-6,17,22-24,43H,4,7-16,18-21H2,1-3H3,(H,37,45). The van der Waals surface area contributed by atoms with E-state index in [4.69, 9.17) is 4.74 Å². The number of aliphatic hydroxyl groups excluding tert-OH is 1. The van der Waals surface area contributed by atoms with Crippen LogP contribution in [0.4, 0.5) is 15.0 Å². The van der Waals surface area contributed by atoms with Crippen LogP contribution < -0.4 is 15.0 Å². The molecule has 6 rings (SSSR count). The molecule has 2 spiro atoms. The maximum Gasteiger partial charge on any atom is 0.318 e. The molecule has 0 bridgehead atoms. The number of halogens is 1. The Morgan fingerprint density at radius 3 is 2.59 bits per heavy atom. The van der Waals surface area contributed by atoms with Gasteiger partial charge >= 0.3 is 6.03 Å². The molecule has 3 saturated heterocycles. The third-order valence-corrected chi connectivity index (χ3v) is 10.5. The second kappa shape index (κ2) is 13.3. The van der Waals surface area contributed by atoms with Crippen molar-refractivity contribution in [2.24, 2.45) is 11.3 Å². The van der Waals surface area contributed by atoms with Crippen molar-refractivity contribution in [1.82, 2.24) is 35.2 Å². The van der Waals surface area contributed by atoms with Gasteiger partial charge in [-0.3, -0.25) is 4.79 Å². The lowest BCUT2D eigenvalue weighted by Gasteiger charge is -2.54. The highest BCUT2D eigenvalue weighted by molar-refractivity contribution is 5.97. The summed E-state index contributed by atoms with van der Waals surface area (Å²) in [6, 6.07) is 3.86. The number of hydrogen-bond acceptors (Lipinski definition) is 9. The molecule has 13 heteroatoms. The summed E-state index contributed by atoms with van der Waals surface area (Å²) >= 11 is 0. The average Bonchev–Trinajstić information content (AvgIpc) is 3.33. The fraction of sp³-hybridized carbons (Fsp3) is 0.667. The van der Waals surface area contributed by atoms with Crippen LogP contribution in [0.3, 0.4) is 0 Å². The molecule has 1 aliphatic carbocycles. The largest absolute Gasteiger partial charge is 0.434 e. The molecule has 1 aromatic heterocycles. The van der Waals surface area contributed by atoms with Crippen LogP contribution in [0.15, 0.2) is 24.5 Å². The van der Waals surface area contributed by atoms with E-state index in [2.05, 4.69) is 30.3 Å². The van der Waals surface area contributed by atoms with Crippen molar-refractivity contribution in [3.8, 4) is 11.6 Å². The van der Waals surface area contributed by atoms with Gasteiger partial charge in [0.25, 0.3) is 11.8 Å². The lowest BCUT2D eigenvalue weighted by atomic mass is 9.71. The lowest BCUT2D eigenvalue weighted by Crippen LogP contribution is -2.61. The van der Waals surface area contributed by atoms with Gasteiger partial charge in [0.15, 0.2) is 5.82 Å². The number of aliphatic hydroxyl groups is 1. The Hall–Kier alpha value is -3.58. The molecule has 12 nitrogen and oxygen atoms in total. The summed E-state index contributed by atoms with van der Waals surface area (Å²) in [5, 5.41) is 20.6. The molecule has 1 aromatic carbocycles. The number of urea groups is 1. The second-order valence-electron chi connectivity index (χ2n) is 14.0. The van der Waals surface area contributed by atoms with Gasteiger partial charge in [-0.2, -0.15) is 0 Å². The number of rotatable bonds is 10. The molecule has 250 valence electrons. The van der Waals surface area contributed by atoms with Gasteiger partial charge in [-0.25, -0.2) is 14.2 Å². The van der Waals surface area contributed by atoms with Crippen LogP contribution in [0.5, 0.6) is 11.6 Å². The van der Waals surface area contributed by atoms with Crippen molar-refractivity contribution in [1.29, 1.82) is 0 Å². The van der Waals surface area contributed by atoms with Crippen LogP contribution in [-0.2, 0) is 0 Å². The van der Waals surface area contributed by atoms with Gasteiger partial charge in [-0.1, -0.05) is 0 Å². The quantitative estimate of drug-likeness (QED) is 0.402. The first kappa shape index (κ1) is 32.4. The predicted molar refractivity (Wildman–Crippen MR) is 170 cm³/mol. The number of carbonyl (C=O) groups excluding carboxylic acids is 2. The Morgan fingerprint density at radius 1 is 1.17 bits per heavy atom. The van der Waals surface area contributed by atoms with Crippen molar-refractivity contribution in [3.05, 3.63) is 35.9 Å². The van der Waals surface area contributed by atoms with E-state index in [1.165, 1.54) is 24.5 Å². The van der Waals surface area contributed by atoms with Crippen LogP contribution in [0.25, 0.3) is 0 Å². The van der Waals surface area contributed by atoms with Gasteiger partial charge in [-0.15, -0.1) is 10.2 Å². The van der Waals surface area contributed by atoms with E-state index in [1.807, 2.05) is 20.8 Å². The number of nitrogens with one attached hydrogen (secondary N) is 1. The third kappa shape index (κ3) is 6.62. The second-order valence-corrected chi connectivity index (χ2v) is 14.0. The molecule has 2 N–H and O–H groups in total. The topological polar surface area (TPSA) is 127 Å². The summed E-state index contributed by atoms with van der Waals surface area (Å²) in [5.74, 6) is 0.836. The normalized spacial score (nSPS) is 24.4. The van der Waals surface area contributed by atoms with E-state index in [1.54, 1.807) is 9.80 Å². The SMILES string of the molecule is CCN(C(=O)c1cc(F)ccc1Oc1nncnc1N1CC2(CCN(CC3CCC4(CC3)CN(CCO)C(=O)N4)CC2)C1)C(C)C. The van der Waals surface area contributed by atoms with E-state index in [9.17, 15) is 19.1 Å². The summed E-state index contributed by atoms with van der Waals surface area (Å²) in [6.07, 6.45) is 7.84. The van der Waals surface area contributed by atoms with E-state index in [-0.39, 0.29) is 52.7 Å². The first-order chi connectivity index (χ1) is 22.1. The monoisotopic (exact) mass is 638 g/mol. The molecule has 0 unspecified atom stereocenters. The molecule has 4 heterocycles. The number of likely N-dealkylation sites (tertiary alicyclic amines) is 1. The Bertz CT molecular complexity index is 1400. The van der Waals surface area contributed by atoms with E-state index < -0.39 is 5.82 Å². The molecule has 4 fully saturated rings. The predicted octanol–water partition coefficient (Wildman–Crippen LogP) is 3.52. The van der Waals surface area contributed by atoms with Gasteiger partial charge in [0.2, 0.25) is 0 Å². The number of carbonyl (C=O) groups is 2. The molecule has 3 amide bonds. The van der Waals surface area contributed by atoms with Crippen molar-refractivity contribution in [3.63, 3.8) is 0 Å². The number of nitrogens with zero attached hydrogens (tertiary/aromatic N) is 7. The Balaban J connectivity index is 1.02. The number of piperidine rings is 1. The maximum atomic E-state index is 14.3. The molecule has 0 atom stereocenters. The van der Waals surface area contributed by atoms with Gasteiger partial charge in [-0.05, 0) is 96.5 Å². The average molecular weight is 639 g/mol. The van der Waals surface area contributed by atoms with E-state index in [0.29, 0.717) is 31.4 Å². The first-order valence-electron chi connectivity index (χ1n) is 16.7. The zero-order chi connectivity index (χ0) is 32.5. The van der Waals surface area contributed by atoms with Crippen molar-refractivity contribution in [2.45, 2.75) is 70.9 Å². The highest BCUT2D eigenvalue weighted by Gasteiger charge is 2.48. The summed E-state index contributed by atoms with van der Waals surface area (Å²) in [5.41, 5.74) is 0.236. The van der Waals surface area contributed by atoms with Gasteiger partial charge in [0, 0.05) is 50.7 Å². The van der Waals surface area contributed by atoms with Crippen LogP contribution >= 0.6 is 0 Å². The van der Waals surface area contributed by atoms with Gasteiger partial charge in [0.1, 0.15) is 17.9 Å². The van der Waals surface area contributed by atoms with Crippen LogP contribution in [0, 0.1) is 17.2 Å². The Kier molecular flexibility index (Phi) is 9.33. The van der Waals surface area contributed by atoms with Gasteiger partial charge in [0.05, 0.1) is 17.7 Å². The molecule has 2 aromatic rings. The summed E-state index contributed by atoms with van der Waals surface area (Å²) in [4.78, 5) is 38.3. The molecule has 46 heavy (non-hydrogen) atoms. The molecule has 1 saturated carbocycles. The fourth-order valence-corrected chi connectivity index (χ4v) is 7.89. The fourth-order valence-electron chi connectivity index (χ4n) is 7.89. The summed E-state index contributed by atoms with van der Waals surface area (Å²) in [7, 11) is 0. The lowest BCUT2D eigenvalue weighted by molar-refractivity contribution is 0.0582. The van der Waals surface area contributed by atoms with Crippen LogP contribution in [0.1, 0.15) is 69.7 Å². The number of aromatic nitrogens is 3. The first-order valence-corrected chi connectivity index (χ1v) is 16.7. The Morgan fingerprint density at radius 2 is 1.91 bits per heavy atom. The Labute approximate surface area is 270 Å². The van der Waals surface area contributed by atoms with E-state index >= 15 is 0 Å². The van der Waals surface area contributed by atoms with Crippen molar-refractivity contribution >= 4 is 17.8 Å². The zero-order valence-electron chi connectivity index (χ0n) is 27.3. The summed E-state index contributed by atoms with van der Waals surface area (Å²) in [6.45, 7) is 12.3. The van der Waals surface area contributed by atoms with Crippen LogP contribution in [-0.4, -0.2) is 117 Å². The molecular weight excluding hydrogens is 591 g/mol. The highest BCUT2D eigenvalue weighted by atomic mass is 19.1. The number of benzene rings is 1. The highest BCUT2D eigenvalue weighted by Crippen LogP contribution is 2.45. The van der Waals surface area contributed by atoms with Crippen molar-refractivity contribution < 1.29 is 23.8 Å². The molecular formula is C33H47FN8O4. The third-order valence-electron chi connectivity index (χ3n) is 10.5. The smallest absolute Gasteiger partial charge is 0.318 e. The van der Waals surface area contributed by atoms with E-state index in [0.717, 1.165) is 71.2 Å². The number of ether oxygens (including phenoxy) is 1. The maximum absolute atomic E-state index is 14.3. The number of anilines is 1. The number of amides is 3. The minimum Gasteiger partial charge on any atom is -0.434 e. The number of β-amino-alcohol motifs (C(OH)–C–C–N with tert-alkyl or cyclic N) is 1. The molecule has 0 radical (unpaired) electrons. The van der Waals surface area contributed by atoms with Gasteiger partial charge < -0.3 is 34.8 Å². The summed E-state index contributed by atoms with van der Waals surface area (Å²) < 4.78 is 20.4. The number of hydrogen-bond donors (Lipinski definition) is 2. The molecule has 3 aliphatic heterocycles. The zero-order valence-corrected chi connectivity index (χ0v) is 27.3. The minimum atomic E-state index is -0.510. The van der Waals surface area contributed by atoms with Crippen LogP contribution in [0.2, 0.25) is 0 Å². The minimum absolute atomic E-state index is 0.000879. The molecule has 4 aliphatic rings.